The van der Waals surface area contributed by atoms with Gasteiger partial charge in [0.05, 0.1) is 31.9 Å². The maximum Gasteiger partial charge on any atom is 0.290 e. The van der Waals surface area contributed by atoms with E-state index in [0.29, 0.717) is 60.0 Å². The molecule has 0 spiro atoms. The SMILES string of the molecule is CCCOc1ccc(C2C(C(=O)c3cc4cccc(OC)c4o3)=C(O)C(=O)N2CCCN(CC)CC)cc1OCC. The van der Waals surface area contributed by atoms with Gasteiger partial charge in [0.1, 0.15) is 0 Å². The molecule has 1 amide bonds. The Labute approximate surface area is 241 Å². The van der Waals surface area contributed by atoms with Crippen molar-refractivity contribution in [2.45, 2.75) is 46.6 Å². The van der Waals surface area contributed by atoms with Crippen molar-refractivity contribution >= 4 is 22.7 Å². The summed E-state index contributed by atoms with van der Waals surface area (Å²) in [6, 6.07) is 11.5. The summed E-state index contributed by atoms with van der Waals surface area (Å²) in [4.78, 5) is 31.3. The van der Waals surface area contributed by atoms with Gasteiger partial charge in [0.25, 0.3) is 5.91 Å². The van der Waals surface area contributed by atoms with E-state index in [2.05, 4.69) is 18.7 Å². The van der Waals surface area contributed by atoms with E-state index in [1.165, 1.54) is 7.11 Å². The Morgan fingerprint density at radius 1 is 1.02 bits per heavy atom. The van der Waals surface area contributed by atoms with Crippen LogP contribution in [-0.4, -0.2) is 73.1 Å². The first-order valence-electron chi connectivity index (χ1n) is 14.3. The first-order chi connectivity index (χ1) is 19.9. The molecule has 1 N–H and O–H groups in total. The molecule has 1 aromatic heterocycles. The monoisotopic (exact) mass is 564 g/mol. The second-order valence-corrected chi connectivity index (χ2v) is 9.85. The highest BCUT2D eigenvalue weighted by molar-refractivity contribution is 6.16. The lowest BCUT2D eigenvalue weighted by Crippen LogP contribution is -2.34. The summed E-state index contributed by atoms with van der Waals surface area (Å²) in [5, 5.41) is 11.8. The number of fused-ring (bicyclic) bond motifs is 1. The van der Waals surface area contributed by atoms with Crippen LogP contribution in [0, 0.1) is 0 Å². The molecule has 2 heterocycles. The molecule has 2 aromatic carbocycles. The van der Waals surface area contributed by atoms with Gasteiger partial charge in [-0.3, -0.25) is 9.59 Å². The van der Waals surface area contributed by atoms with Gasteiger partial charge in [-0.2, -0.15) is 0 Å². The van der Waals surface area contributed by atoms with Crippen molar-refractivity contribution in [3.05, 3.63) is 65.1 Å². The molecule has 0 fully saturated rings. The number of Topliss-reactive ketones (excluding diaryl/α,β-unsaturated/α-hetero) is 1. The molecule has 0 bridgehead atoms. The average Bonchev–Trinajstić information content (AvgIpc) is 3.53. The van der Waals surface area contributed by atoms with Gasteiger partial charge in [0.15, 0.2) is 34.4 Å². The minimum atomic E-state index is -0.832. The number of para-hydroxylation sites is 1. The van der Waals surface area contributed by atoms with Crippen molar-refractivity contribution in [2.24, 2.45) is 0 Å². The van der Waals surface area contributed by atoms with E-state index in [1.807, 2.05) is 26.0 Å². The molecule has 0 radical (unpaired) electrons. The third kappa shape index (κ3) is 6.20. The molecule has 220 valence electrons. The van der Waals surface area contributed by atoms with Crippen LogP contribution in [0.2, 0.25) is 0 Å². The zero-order valence-electron chi connectivity index (χ0n) is 24.6. The fourth-order valence-electron chi connectivity index (χ4n) is 5.20. The predicted molar refractivity (Wildman–Crippen MR) is 157 cm³/mol. The molecule has 0 saturated heterocycles. The van der Waals surface area contributed by atoms with Crippen LogP contribution in [0.4, 0.5) is 0 Å². The Hall–Kier alpha value is -3.98. The van der Waals surface area contributed by atoms with Gasteiger partial charge in [-0.15, -0.1) is 0 Å². The van der Waals surface area contributed by atoms with Crippen LogP contribution in [0.15, 0.2) is 58.2 Å². The number of nitrogens with zero attached hydrogens (tertiary/aromatic N) is 2. The quantitative estimate of drug-likeness (QED) is 0.226. The van der Waals surface area contributed by atoms with Crippen molar-refractivity contribution < 1.29 is 33.3 Å². The Kier molecular flexibility index (Phi) is 9.94. The van der Waals surface area contributed by atoms with E-state index in [-0.39, 0.29) is 11.3 Å². The largest absolute Gasteiger partial charge is 0.503 e. The molecular weight excluding hydrogens is 524 g/mol. The van der Waals surface area contributed by atoms with Crippen LogP contribution in [0.5, 0.6) is 17.2 Å². The molecule has 3 aromatic rings. The number of furan rings is 1. The third-order valence-corrected chi connectivity index (χ3v) is 7.31. The number of aliphatic hydroxyl groups excluding tert-OH is 1. The number of hydrogen-bond donors (Lipinski definition) is 1. The van der Waals surface area contributed by atoms with E-state index in [9.17, 15) is 14.7 Å². The van der Waals surface area contributed by atoms with E-state index >= 15 is 0 Å². The number of ether oxygens (including phenoxy) is 3. The van der Waals surface area contributed by atoms with Gasteiger partial charge >= 0.3 is 0 Å². The molecule has 9 heteroatoms. The number of aliphatic hydroxyl groups is 1. The number of ketones is 1. The number of rotatable bonds is 15. The Morgan fingerprint density at radius 2 is 1.80 bits per heavy atom. The van der Waals surface area contributed by atoms with Crippen molar-refractivity contribution in [3.63, 3.8) is 0 Å². The van der Waals surface area contributed by atoms with Crippen molar-refractivity contribution in [1.29, 1.82) is 0 Å². The summed E-state index contributed by atoms with van der Waals surface area (Å²) < 4.78 is 23.1. The predicted octanol–water partition coefficient (Wildman–Crippen LogP) is 5.94. The molecule has 9 nitrogen and oxygen atoms in total. The summed E-state index contributed by atoms with van der Waals surface area (Å²) >= 11 is 0. The zero-order chi connectivity index (χ0) is 29.5. The van der Waals surface area contributed by atoms with Crippen LogP contribution in [0.3, 0.4) is 0 Å². The van der Waals surface area contributed by atoms with Gasteiger partial charge in [0.2, 0.25) is 5.78 Å². The summed E-state index contributed by atoms with van der Waals surface area (Å²) in [6.45, 7) is 12.0. The normalized spacial score (nSPS) is 15.3. The molecule has 1 unspecified atom stereocenters. The lowest BCUT2D eigenvalue weighted by molar-refractivity contribution is -0.129. The van der Waals surface area contributed by atoms with Gasteiger partial charge in [-0.25, -0.2) is 0 Å². The van der Waals surface area contributed by atoms with Crippen LogP contribution in [0.25, 0.3) is 11.0 Å². The summed E-state index contributed by atoms with van der Waals surface area (Å²) in [6.07, 6.45) is 1.51. The fourth-order valence-corrected chi connectivity index (χ4v) is 5.20. The number of carbonyl (C=O) groups excluding carboxylic acids is 2. The smallest absolute Gasteiger partial charge is 0.290 e. The molecule has 1 aliphatic heterocycles. The van der Waals surface area contributed by atoms with Gasteiger partial charge in [-0.1, -0.05) is 39.0 Å². The maximum atomic E-state index is 14.0. The number of benzene rings is 2. The maximum absolute atomic E-state index is 14.0. The first kappa shape index (κ1) is 30.0. The lowest BCUT2D eigenvalue weighted by Gasteiger charge is -2.28. The molecular formula is C32H40N2O7. The highest BCUT2D eigenvalue weighted by Gasteiger charge is 2.44. The van der Waals surface area contributed by atoms with Gasteiger partial charge in [0, 0.05) is 11.9 Å². The van der Waals surface area contributed by atoms with E-state index in [1.54, 1.807) is 35.2 Å². The Morgan fingerprint density at radius 3 is 2.49 bits per heavy atom. The van der Waals surface area contributed by atoms with Crippen molar-refractivity contribution in [2.75, 3.05) is 46.5 Å². The molecule has 0 saturated carbocycles. The number of methoxy groups -OCH3 is 1. The molecule has 1 atom stereocenters. The average molecular weight is 565 g/mol. The van der Waals surface area contributed by atoms with Crippen molar-refractivity contribution in [3.8, 4) is 17.2 Å². The van der Waals surface area contributed by atoms with Crippen LogP contribution in [0.1, 0.15) is 62.7 Å². The molecule has 1 aliphatic rings. The van der Waals surface area contributed by atoms with Gasteiger partial charge < -0.3 is 33.5 Å². The molecule has 41 heavy (non-hydrogen) atoms. The number of amides is 1. The Balaban J connectivity index is 1.77. The van der Waals surface area contributed by atoms with E-state index in [0.717, 1.165) is 26.1 Å². The lowest BCUT2D eigenvalue weighted by atomic mass is 9.94. The highest BCUT2D eigenvalue weighted by atomic mass is 16.5. The first-order valence-corrected chi connectivity index (χ1v) is 14.3. The molecule has 0 aliphatic carbocycles. The van der Waals surface area contributed by atoms with Crippen LogP contribution < -0.4 is 14.2 Å². The van der Waals surface area contributed by atoms with Crippen LogP contribution in [-0.2, 0) is 4.79 Å². The summed E-state index contributed by atoms with van der Waals surface area (Å²) in [5.74, 6) is -0.117. The second-order valence-electron chi connectivity index (χ2n) is 9.85. The minimum absolute atomic E-state index is 0.0155. The topological polar surface area (TPSA) is 102 Å². The van der Waals surface area contributed by atoms with Crippen molar-refractivity contribution in [1.82, 2.24) is 9.80 Å². The van der Waals surface area contributed by atoms with Gasteiger partial charge in [-0.05, 0) is 69.2 Å². The van der Waals surface area contributed by atoms with Crippen LogP contribution >= 0.6 is 0 Å². The standard InChI is InChI=1S/C32H40N2O7/c1-6-18-40-23-15-14-21(19-25(23)39-9-4)28-27(30(36)32(37)34(28)17-11-16-33(7-2)8-3)29(35)26-20-22-12-10-13-24(38-5)31(22)41-26/h10,12-15,19-20,28,36H,6-9,11,16-18H2,1-5H3. The number of hydrogen-bond acceptors (Lipinski definition) is 8. The van der Waals surface area contributed by atoms with E-state index < -0.39 is 23.5 Å². The third-order valence-electron chi connectivity index (χ3n) is 7.31. The highest BCUT2D eigenvalue weighted by Crippen LogP contribution is 2.42. The summed E-state index contributed by atoms with van der Waals surface area (Å²) in [7, 11) is 1.53. The Bertz CT molecular complexity index is 1410. The fraction of sp³-hybridized carbons (Fsp3) is 0.438. The zero-order valence-corrected chi connectivity index (χ0v) is 24.6. The number of carbonyl (C=O) groups is 2. The minimum Gasteiger partial charge on any atom is -0.503 e. The summed E-state index contributed by atoms with van der Waals surface area (Å²) in [5.41, 5.74) is 1.03. The van der Waals surface area contributed by atoms with E-state index in [4.69, 9.17) is 18.6 Å². The molecule has 4 rings (SSSR count). The second kappa shape index (κ2) is 13.6.